The lowest BCUT2D eigenvalue weighted by Crippen LogP contribution is -2.44. The van der Waals surface area contributed by atoms with E-state index in [0.717, 1.165) is 62.2 Å². The molecule has 24 heavy (non-hydrogen) atoms. The molecule has 3 rings (SSSR count). The van der Waals surface area contributed by atoms with Gasteiger partial charge in [0.2, 0.25) is 0 Å². The molecule has 0 aliphatic carbocycles. The van der Waals surface area contributed by atoms with Gasteiger partial charge in [0, 0.05) is 44.4 Å². The van der Waals surface area contributed by atoms with Gasteiger partial charge < -0.3 is 15.1 Å². The second-order valence-electron chi connectivity index (χ2n) is 6.37. The van der Waals surface area contributed by atoms with Crippen LogP contribution in [-0.2, 0) is 0 Å². The van der Waals surface area contributed by atoms with E-state index in [0.29, 0.717) is 0 Å². The van der Waals surface area contributed by atoms with E-state index < -0.39 is 0 Å². The number of hydrogen-bond donors (Lipinski definition) is 1. The molecule has 2 heterocycles. The van der Waals surface area contributed by atoms with Crippen LogP contribution in [0.25, 0.3) is 11.4 Å². The lowest BCUT2D eigenvalue weighted by Gasteiger charge is -2.33. The molecule has 1 aliphatic rings. The number of benzene rings is 1. The van der Waals surface area contributed by atoms with Crippen molar-refractivity contribution < 1.29 is 0 Å². The average molecular weight is 325 g/mol. The number of unbranched alkanes of at least 4 members (excludes halogenated alkanes) is 1. The minimum atomic E-state index is 0.797. The number of hydrogen-bond acceptors (Lipinski definition) is 5. The van der Waals surface area contributed by atoms with Crippen LogP contribution < -0.4 is 10.2 Å². The van der Waals surface area contributed by atoms with E-state index in [1.165, 1.54) is 6.42 Å². The Balaban J connectivity index is 1.87. The lowest BCUT2D eigenvalue weighted by atomic mass is 10.2. The van der Waals surface area contributed by atoms with E-state index in [1.807, 2.05) is 18.2 Å². The fourth-order valence-electron chi connectivity index (χ4n) is 2.83. The molecular weight excluding hydrogens is 298 g/mol. The largest absolute Gasteiger partial charge is 0.370 e. The molecule has 5 nitrogen and oxygen atoms in total. The van der Waals surface area contributed by atoms with Crippen molar-refractivity contribution in [1.29, 1.82) is 0 Å². The molecule has 0 spiro atoms. The van der Waals surface area contributed by atoms with Gasteiger partial charge in [-0.25, -0.2) is 9.97 Å². The van der Waals surface area contributed by atoms with E-state index in [-0.39, 0.29) is 0 Å². The first-order valence-electron chi connectivity index (χ1n) is 8.88. The summed E-state index contributed by atoms with van der Waals surface area (Å²) in [4.78, 5) is 14.3. The van der Waals surface area contributed by atoms with Crippen molar-refractivity contribution in [3.05, 3.63) is 36.4 Å². The SMILES string of the molecule is CCCCNc1cc(N2CCN(C)CC2)nc(-c2ccccc2)n1. The number of nitrogens with one attached hydrogen (secondary N) is 1. The third-order valence-electron chi connectivity index (χ3n) is 4.41. The first-order valence-corrected chi connectivity index (χ1v) is 8.88. The molecular formula is C19H27N5. The fraction of sp³-hybridized carbons (Fsp3) is 0.474. The Kier molecular flexibility index (Phi) is 5.64. The van der Waals surface area contributed by atoms with E-state index in [1.54, 1.807) is 0 Å². The van der Waals surface area contributed by atoms with Crippen molar-refractivity contribution in [2.75, 3.05) is 50.0 Å². The summed E-state index contributed by atoms with van der Waals surface area (Å²) >= 11 is 0. The van der Waals surface area contributed by atoms with E-state index in [4.69, 9.17) is 9.97 Å². The van der Waals surface area contributed by atoms with Crippen molar-refractivity contribution >= 4 is 11.6 Å². The Morgan fingerprint density at radius 1 is 1.04 bits per heavy atom. The van der Waals surface area contributed by atoms with Gasteiger partial charge in [0.05, 0.1) is 0 Å². The highest BCUT2D eigenvalue weighted by Crippen LogP contribution is 2.23. The minimum Gasteiger partial charge on any atom is -0.370 e. The van der Waals surface area contributed by atoms with Gasteiger partial charge in [-0.1, -0.05) is 43.7 Å². The maximum atomic E-state index is 4.84. The molecule has 0 amide bonds. The third kappa shape index (κ3) is 4.23. The molecule has 1 aliphatic heterocycles. The van der Waals surface area contributed by atoms with E-state index in [9.17, 15) is 0 Å². The second-order valence-corrected chi connectivity index (χ2v) is 6.37. The van der Waals surface area contributed by atoms with Crippen LogP contribution in [0.4, 0.5) is 11.6 Å². The molecule has 128 valence electrons. The molecule has 1 aromatic carbocycles. The van der Waals surface area contributed by atoms with Crippen LogP contribution in [0, 0.1) is 0 Å². The number of nitrogens with zero attached hydrogens (tertiary/aromatic N) is 4. The number of likely N-dealkylation sites (N-methyl/N-ethyl adjacent to an activating group) is 1. The molecule has 1 aromatic heterocycles. The van der Waals surface area contributed by atoms with Crippen LogP contribution >= 0.6 is 0 Å². The zero-order valence-corrected chi connectivity index (χ0v) is 14.7. The van der Waals surface area contributed by atoms with Gasteiger partial charge in [-0.2, -0.15) is 0 Å². The summed E-state index contributed by atoms with van der Waals surface area (Å²) in [6, 6.07) is 12.3. The van der Waals surface area contributed by atoms with E-state index >= 15 is 0 Å². The molecule has 5 heteroatoms. The molecule has 1 N–H and O–H groups in total. The van der Waals surface area contributed by atoms with Gasteiger partial charge >= 0.3 is 0 Å². The zero-order chi connectivity index (χ0) is 16.8. The minimum absolute atomic E-state index is 0.797. The fourth-order valence-corrected chi connectivity index (χ4v) is 2.83. The van der Waals surface area contributed by atoms with Gasteiger partial charge in [0.1, 0.15) is 11.6 Å². The summed E-state index contributed by atoms with van der Waals surface area (Å²) in [6.07, 6.45) is 2.32. The van der Waals surface area contributed by atoms with Crippen molar-refractivity contribution in [2.24, 2.45) is 0 Å². The summed E-state index contributed by atoms with van der Waals surface area (Å²) in [6.45, 7) is 7.31. The summed E-state index contributed by atoms with van der Waals surface area (Å²) in [7, 11) is 2.17. The molecule has 2 aromatic rings. The maximum absolute atomic E-state index is 4.84. The highest BCUT2D eigenvalue weighted by atomic mass is 15.3. The monoisotopic (exact) mass is 325 g/mol. The van der Waals surface area contributed by atoms with Crippen molar-refractivity contribution in [1.82, 2.24) is 14.9 Å². The first kappa shape index (κ1) is 16.7. The quantitative estimate of drug-likeness (QED) is 0.827. The Bertz CT molecular complexity index is 635. The van der Waals surface area contributed by atoms with Gasteiger partial charge in [0.15, 0.2) is 5.82 Å². The van der Waals surface area contributed by atoms with Gasteiger partial charge in [-0.15, -0.1) is 0 Å². The van der Waals surface area contributed by atoms with Gasteiger partial charge in [0.25, 0.3) is 0 Å². The van der Waals surface area contributed by atoms with Crippen LogP contribution in [0.2, 0.25) is 0 Å². The molecule has 1 saturated heterocycles. The third-order valence-corrected chi connectivity index (χ3v) is 4.41. The van der Waals surface area contributed by atoms with Crippen molar-refractivity contribution in [3.63, 3.8) is 0 Å². The Labute approximate surface area is 144 Å². The summed E-state index contributed by atoms with van der Waals surface area (Å²) in [5, 5.41) is 3.46. The first-order chi connectivity index (χ1) is 11.8. The number of anilines is 2. The summed E-state index contributed by atoms with van der Waals surface area (Å²) in [5.41, 5.74) is 1.06. The highest BCUT2D eigenvalue weighted by molar-refractivity contribution is 5.61. The standard InChI is InChI=1S/C19H27N5/c1-3-4-10-20-17-15-18(24-13-11-23(2)12-14-24)22-19(21-17)16-8-6-5-7-9-16/h5-9,15H,3-4,10-14H2,1-2H3,(H,20,21,22). The Morgan fingerprint density at radius 3 is 2.50 bits per heavy atom. The van der Waals surface area contributed by atoms with Crippen LogP contribution in [0.15, 0.2) is 36.4 Å². The van der Waals surface area contributed by atoms with Crippen molar-refractivity contribution in [3.8, 4) is 11.4 Å². The number of aromatic nitrogens is 2. The number of rotatable bonds is 6. The van der Waals surface area contributed by atoms with Crippen LogP contribution in [0.1, 0.15) is 19.8 Å². The molecule has 0 saturated carbocycles. The van der Waals surface area contributed by atoms with Crippen LogP contribution in [-0.4, -0.2) is 54.6 Å². The molecule has 0 radical (unpaired) electrons. The van der Waals surface area contributed by atoms with Gasteiger partial charge in [-0.3, -0.25) is 0 Å². The summed E-state index contributed by atoms with van der Waals surface area (Å²) < 4.78 is 0. The lowest BCUT2D eigenvalue weighted by molar-refractivity contribution is 0.312. The topological polar surface area (TPSA) is 44.3 Å². The maximum Gasteiger partial charge on any atom is 0.163 e. The normalized spacial score (nSPS) is 15.5. The molecule has 1 fully saturated rings. The zero-order valence-electron chi connectivity index (χ0n) is 14.7. The predicted molar refractivity (Wildman–Crippen MR) is 101 cm³/mol. The predicted octanol–water partition coefficient (Wildman–Crippen LogP) is 3.11. The molecule has 0 unspecified atom stereocenters. The smallest absolute Gasteiger partial charge is 0.163 e. The van der Waals surface area contributed by atoms with Crippen molar-refractivity contribution in [2.45, 2.75) is 19.8 Å². The second kappa shape index (κ2) is 8.11. The van der Waals surface area contributed by atoms with E-state index in [2.05, 4.69) is 47.3 Å². The average Bonchev–Trinajstić information content (AvgIpc) is 2.63. The van der Waals surface area contributed by atoms with Crippen LogP contribution in [0.3, 0.4) is 0 Å². The Morgan fingerprint density at radius 2 is 1.79 bits per heavy atom. The highest BCUT2D eigenvalue weighted by Gasteiger charge is 2.17. The molecule has 0 atom stereocenters. The van der Waals surface area contributed by atoms with Crippen LogP contribution in [0.5, 0.6) is 0 Å². The number of piperazine rings is 1. The summed E-state index contributed by atoms with van der Waals surface area (Å²) in [5.74, 6) is 2.74. The molecule has 0 bridgehead atoms. The Hall–Kier alpha value is -2.14. The van der Waals surface area contributed by atoms with Gasteiger partial charge in [-0.05, 0) is 13.5 Å².